The molecular formula is C27H32F3N5O9. The van der Waals surface area contributed by atoms with E-state index in [-0.39, 0.29) is 41.3 Å². The highest BCUT2D eigenvalue weighted by Gasteiger charge is 2.39. The molecule has 4 atom stereocenters. The van der Waals surface area contributed by atoms with Crippen molar-refractivity contribution in [3.8, 4) is 17.6 Å². The van der Waals surface area contributed by atoms with E-state index in [2.05, 4.69) is 16.8 Å². The van der Waals surface area contributed by atoms with Crippen molar-refractivity contribution in [2.24, 2.45) is 5.41 Å². The number of nitrogens with zero attached hydrogens (tertiary/aromatic N) is 3. The van der Waals surface area contributed by atoms with Crippen LogP contribution in [0.3, 0.4) is 0 Å². The molecule has 1 aliphatic heterocycles. The van der Waals surface area contributed by atoms with Crippen molar-refractivity contribution in [3.63, 3.8) is 0 Å². The number of anilines is 1. The maximum atomic E-state index is 12.5. The second kappa shape index (κ2) is 13.6. The summed E-state index contributed by atoms with van der Waals surface area (Å²) < 4.78 is 55.5. The van der Waals surface area contributed by atoms with Gasteiger partial charge in [0.2, 0.25) is 0 Å². The molecule has 1 amide bonds. The fourth-order valence-electron chi connectivity index (χ4n) is 4.48. The van der Waals surface area contributed by atoms with Crippen LogP contribution in [0.2, 0.25) is 0 Å². The van der Waals surface area contributed by atoms with Gasteiger partial charge in [0, 0.05) is 24.2 Å². The Morgan fingerprint density at radius 1 is 1.36 bits per heavy atom. The van der Waals surface area contributed by atoms with Crippen molar-refractivity contribution >= 4 is 17.4 Å². The smallest absolute Gasteiger partial charge is 0.471 e. The molecule has 0 spiro atoms. The number of halogens is 3. The molecule has 1 saturated heterocycles. The number of nitro groups is 1. The second-order valence-corrected chi connectivity index (χ2v) is 10.9. The minimum atomic E-state index is -5.12. The maximum Gasteiger partial charge on any atom is 0.471 e. The number of nitrogens with one attached hydrogen (secondary N) is 1. The molecule has 17 heteroatoms. The number of nitrogen functional groups attached to an aromatic ring is 1. The summed E-state index contributed by atoms with van der Waals surface area (Å²) in [6.07, 6.45) is -7.69. The predicted molar refractivity (Wildman–Crippen MR) is 147 cm³/mol. The topological polar surface area (TPSA) is 201 Å². The number of ether oxygens (including phenoxy) is 3. The van der Waals surface area contributed by atoms with Crippen LogP contribution in [0.5, 0.6) is 5.75 Å². The number of alkyl halides is 3. The Balaban J connectivity index is 1.99. The summed E-state index contributed by atoms with van der Waals surface area (Å²) in [7, 11) is 1.30. The van der Waals surface area contributed by atoms with Gasteiger partial charge in [0.05, 0.1) is 49.6 Å². The van der Waals surface area contributed by atoms with E-state index in [1.165, 1.54) is 25.4 Å². The normalized spacial score (nSPS) is 19.2. The Morgan fingerprint density at radius 2 is 2.05 bits per heavy atom. The van der Waals surface area contributed by atoms with E-state index in [0.29, 0.717) is 0 Å². The highest BCUT2D eigenvalue weighted by molar-refractivity contribution is 5.81. The van der Waals surface area contributed by atoms with Gasteiger partial charge in [-0.15, -0.1) is 0 Å². The van der Waals surface area contributed by atoms with E-state index in [4.69, 9.17) is 19.9 Å². The van der Waals surface area contributed by atoms with Gasteiger partial charge in [-0.2, -0.15) is 18.2 Å². The number of aromatic nitrogens is 2. The van der Waals surface area contributed by atoms with Gasteiger partial charge >= 0.3 is 17.8 Å². The molecule has 44 heavy (non-hydrogen) atoms. The third kappa shape index (κ3) is 8.02. The number of hydrogen-bond acceptors (Lipinski definition) is 11. The van der Waals surface area contributed by atoms with Gasteiger partial charge < -0.3 is 35.5 Å². The fraction of sp³-hybridized carbons (Fsp3) is 0.519. The van der Waals surface area contributed by atoms with Crippen LogP contribution < -0.4 is 21.5 Å². The number of hydrogen-bond donors (Lipinski definition) is 4. The number of nitro benzene ring substituents is 1. The lowest BCUT2D eigenvalue weighted by atomic mass is 9.83. The first-order valence-electron chi connectivity index (χ1n) is 13.1. The first-order chi connectivity index (χ1) is 20.5. The third-order valence-electron chi connectivity index (χ3n) is 6.58. The van der Waals surface area contributed by atoms with E-state index < -0.39 is 71.5 Å². The summed E-state index contributed by atoms with van der Waals surface area (Å²) in [4.78, 5) is 39.0. The van der Waals surface area contributed by atoms with Gasteiger partial charge in [-0.3, -0.25) is 19.5 Å². The number of rotatable bonds is 9. The van der Waals surface area contributed by atoms with Crippen LogP contribution in [0, 0.1) is 27.4 Å². The van der Waals surface area contributed by atoms with Gasteiger partial charge in [0.15, 0.2) is 0 Å². The Kier molecular flexibility index (Phi) is 10.6. The average Bonchev–Trinajstić information content (AvgIpc) is 3.30. The van der Waals surface area contributed by atoms with Crippen molar-refractivity contribution in [1.29, 1.82) is 0 Å². The lowest BCUT2D eigenvalue weighted by Crippen LogP contribution is -2.36. The predicted octanol–water partition coefficient (Wildman–Crippen LogP) is 1.72. The number of methoxy groups -OCH3 is 1. The summed E-state index contributed by atoms with van der Waals surface area (Å²) in [6.45, 7) is 3.73. The monoisotopic (exact) mass is 627 g/mol. The third-order valence-corrected chi connectivity index (χ3v) is 6.58. The van der Waals surface area contributed by atoms with Crippen molar-refractivity contribution < 1.29 is 47.3 Å². The van der Waals surface area contributed by atoms with Gasteiger partial charge in [-0.05, 0) is 11.5 Å². The largest absolute Gasteiger partial charge is 0.497 e. The molecule has 2 aromatic rings. The summed E-state index contributed by atoms with van der Waals surface area (Å²) in [5.41, 5.74) is 3.95. The number of carbonyl (C=O) groups is 1. The molecular weight excluding hydrogens is 595 g/mol. The van der Waals surface area contributed by atoms with E-state index in [9.17, 15) is 43.1 Å². The zero-order valence-corrected chi connectivity index (χ0v) is 24.2. The lowest BCUT2D eigenvalue weighted by Gasteiger charge is -2.31. The summed E-state index contributed by atoms with van der Waals surface area (Å²) >= 11 is 0. The zero-order valence-electron chi connectivity index (χ0n) is 24.2. The van der Waals surface area contributed by atoms with Crippen LogP contribution in [0.4, 0.5) is 24.7 Å². The number of aliphatic hydroxyl groups excluding tert-OH is 2. The molecule has 1 aromatic heterocycles. The van der Waals surface area contributed by atoms with Crippen molar-refractivity contribution in [2.75, 3.05) is 26.0 Å². The van der Waals surface area contributed by atoms with Crippen LogP contribution in [-0.2, 0) is 20.9 Å². The number of amides is 1. The average molecular weight is 628 g/mol. The zero-order chi connectivity index (χ0) is 33.0. The highest BCUT2D eigenvalue weighted by atomic mass is 19.4. The number of carbonyl (C=O) groups excluding carboxylic acids is 1. The molecule has 1 aliphatic rings. The van der Waals surface area contributed by atoms with E-state index in [0.717, 1.165) is 4.57 Å². The highest BCUT2D eigenvalue weighted by Crippen LogP contribution is 2.44. The molecule has 0 unspecified atom stereocenters. The van der Waals surface area contributed by atoms with Gasteiger partial charge in [0.25, 0.3) is 5.69 Å². The van der Waals surface area contributed by atoms with E-state index in [1.54, 1.807) is 26.1 Å². The number of nitrogens with two attached hydrogens (primary N) is 1. The summed E-state index contributed by atoms with van der Waals surface area (Å²) in [5.74, 6) is 2.47. The summed E-state index contributed by atoms with van der Waals surface area (Å²) in [5, 5.41) is 33.3. The molecule has 0 saturated carbocycles. The first kappa shape index (κ1) is 34.3. The second-order valence-electron chi connectivity index (χ2n) is 10.9. The number of aliphatic hydroxyl groups is 2. The Bertz CT molecular complexity index is 1510. The number of benzene rings is 1. The van der Waals surface area contributed by atoms with Crippen LogP contribution in [0.15, 0.2) is 23.1 Å². The summed E-state index contributed by atoms with van der Waals surface area (Å²) in [6, 6.07) is 2.60. The minimum absolute atomic E-state index is 0.00134. The van der Waals surface area contributed by atoms with Crippen molar-refractivity contribution in [1.82, 2.24) is 14.9 Å². The van der Waals surface area contributed by atoms with Crippen molar-refractivity contribution in [2.45, 2.75) is 64.5 Å². The van der Waals surface area contributed by atoms with Gasteiger partial charge in [0.1, 0.15) is 29.5 Å². The van der Waals surface area contributed by atoms with Crippen LogP contribution in [-0.4, -0.2) is 69.2 Å². The molecule has 5 N–H and O–H groups in total. The molecule has 240 valence electrons. The molecule has 1 fully saturated rings. The molecule has 1 aromatic carbocycles. The van der Waals surface area contributed by atoms with Gasteiger partial charge in [-0.25, -0.2) is 4.79 Å². The molecule has 2 heterocycles. The van der Waals surface area contributed by atoms with Gasteiger partial charge in [-0.1, -0.05) is 32.6 Å². The standard InChI is InChI=1S/C27H32F3N5O9/c1-26(2,3)22(43-13-15-11-34(25(39)33-23(15)31)20-10-18(37)19(12-36)44-20)17-9-16(42-4)8-14(21(17)35(40)41)6-5-7-32-24(38)27(28,29)30/h8-9,11,18-20,22,36-37H,7,10,12-13H2,1-4H3,(H,32,38)(H2,31,33,39)/t18-,19+,20+,22+/m0/s1. The van der Waals surface area contributed by atoms with Crippen LogP contribution in [0.25, 0.3) is 0 Å². The maximum absolute atomic E-state index is 12.5. The molecule has 0 bridgehead atoms. The quantitative estimate of drug-likeness (QED) is 0.179. The SMILES string of the molecule is COc1cc(C#CCNC(=O)C(F)(F)F)c([N+](=O)[O-])c([C@@H](OCc2cn([C@H]3C[C@H](O)[C@@H](CO)O3)c(=O)nc2N)C(C)(C)C)c1. The Labute approximate surface area is 249 Å². The molecule has 3 rings (SSSR count). The van der Waals surface area contributed by atoms with Crippen LogP contribution >= 0.6 is 0 Å². The van der Waals surface area contributed by atoms with Crippen molar-refractivity contribution in [3.05, 3.63) is 55.6 Å². The fourth-order valence-corrected chi connectivity index (χ4v) is 4.48. The van der Waals surface area contributed by atoms with E-state index >= 15 is 0 Å². The molecule has 0 aliphatic carbocycles. The minimum Gasteiger partial charge on any atom is -0.497 e. The Hall–Kier alpha value is -4.24. The van der Waals surface area contributed by atoms with E-state index in [1.807, 2.05) is 0 Å². The lowest BCUT2D eigenvalue weighted by molar-refractivity contribution is -0.386. The Morgan fingerprint density at radius 3 is 2.59 bits per heavy atom. The molecule has 0 radical (unpaired) electrons. The first-order valence-corrected chi connectivity index (χ1v) is 13.1. The molecule has 14 nitrogen and oxygen atoms in total. The van der Waals surface area contributed by atoms with Crippen LogP contribution in [0.1, 0.15) is 56.2 Å².